The number of Topliss-reactive ketones (excluding diaryl/α,β-unsaturated/α-hetero) is 1. The first-order chi connectivity index (χ1) is 8.63. The van der Waals surface area contributed by atoms with Crippen LogP contribution in [0.1, 0.15) is 28.8 Å². The second kappa shape index (κ2) is 5.72. The van der Waals surface area contributed by atoms with E-state index in [0.29, 0.717) is 16.3 Å². The van der Waals surface area contributed by atoms with E-state index in [2.05, 4.69) is 5.32 Å². The number of benzene rings is 1. The Kier molecular flexibility index (Phi) is 4.25. The normalized spacial score (nSPS) is 16.6. The first-order valence-corrected chi connectivity index (χ1v) is 6.60. The summed E-state index contributed by atoms with van der Waals surface area (Å²) in [5.41, 5.74) is 1.57. The predicted octanol–water partition coefficient (Wildman–Crippen LogP) is 2.84. The van der Waals surface area contributed by atoms with E-state index in [0.717, 1.165) is 31.5 Å². The minimum Gasteiger partial charge on any atom is -0.496 e. The molecule has 1 aliphatic rings. The highest BCUT2D eigenvalue weighted by Gasteiger charge is 2.25. The van der Waals surface area contributed by atoms with Crippen LogP contribution in [0.3, 0.4) is 0 Å². The third-order valence-corrected chi connectivity index (χ3v) is 3.86. The topological polar surface area (TPSA) is 38.3 Å². The van der Waals surface area contributed by atoms with Gasteiger partial charge in [-0.25, -0.2) is 0 Å². The van der Waals surface area contributed by atoms with Gasteiger partial charge in [0.2, 0.25) is 0 Å². The number of rotatable bonds is 3. The fourth-order valence-corrected chi connectivity index (χ4v) is 2.48. The molecule has 1 heterocycles. The Labute approximate surface area is 112 Å². The summed E-state index contributed by atoms with van der Waals surface area (Å²) < 4.78 is 5.27. The quantitative estimate of drug-likeness (QED) is 0.856. The van der Waals surface area contributed by atoms with Crippen molar-refractivity contribution in [2.24, 2.45) is 5.92 Å². The van der Waals surface area contributed by atoms with Crippen LogP contribution in [-0.2, 0) is 0 Å². The fraction of sp³-hybridized carbons (Fsp3) is 0.500. The highest BCUT2D eigenvalue weighted by atomic mass is 35.5. The number of ketones is 1. The maximum Gasteiger partial charge on any atom is 0.169 e. The molecule has 1 fully saturated rings. The number of carbonyl (C=O) groups is 1. The summed E-state index contributed by atoms with van der Waals surface area (Å²) in [5, 5.41) is 3.90. The number of aryl methyl sites for hydroxylation is 1. The van der Waals surface area contributed by atoms with Gasteiger partial charge in [0.25, 0.3) is 0 Å². The highest BCUT2D eigenvalue weighted by Crippen LogP contribution is 2.30. The van der Waals surface area contributed by atoms with E-state index in [1.807, 2.05) is 13.0 Å². The van der Waals surface area contributed by atoms with Crippen molar-refractivity contribution < 1.29 is 9.53 Å². The number of hydrogen-bond donors (Lipinski definition) is 1. The van der Waals surface area contributed by atoms with E-state index in [9.17, 15) is 4.79 Å². The summed E-state index contributed by atoms with van der Waals surface area (Å²) in [6, 6.07) is 3.57. The van der Waals surface area contributed by atoms with Gasteiger partial charge in [0.05, 0.1) is 12.7 Å². The number of piperidine rings is 1. The molecule has 0 aromatic heterocycles. The van der Waals surface area contributed by atoms with Gasteiger partial charge in [0.1, 0.15) is 5.75 Å². The van der Waals surface area contributed by atoms with Crippen molar-refractivity contribution in [3.63, 3.8) is 0 Å². The van der Waals surface area contributed by atoms with E-state index in [1.54, 1.807) is 13.2 Å². The number of halogens is 1. The molecular weight excluding hydrogens is 250 g/mol. The van der Waals surface area contributed by atoms with Crippen LogP contribution in [0.25, 0.3) is 0 Å². The van der Waals surface area contributed by atoms with Crippen LogP contribution >= 0.6 is 11.6 Å². The molecule has 0 unspecified atom stereocenters. The van der Waals surface area contributed by atoms with Gasteiger partial charge in [0.15, 0.2) is 5.78 Å². The third kappa shape index (κ3) is 2.68. The molecule has 1 aromatic rings. The monoisotopic (exact) mass is 267 g/mol. The molecule has 1 aromatic carbocycles. The summed E-state index contributed by atoms with van der Waals surface area (Å²) in [6.07, 6.45) is 1.79. The molecular formula is C14H18ClNO2. The van der Waals surface area contributed by atoms with Crippen LogP contribution in [0, 0.1) is 12.8 Å². The minimum atomic E-state index is 0.0979. The van der Waals surface area contributed by atoms with E-state index in [1.165, 1.54) is 0 Å². The number of nitrogens with one attached hydrogen (secondary N) is 1. The zero-order chi connectivity index (χ0) is 13.1. The molecule has 0 atom stereocenters. The van der Waals surface area contributed by atoms with Crippen molar-refractivity contribution in [3.05, 3.63) is 28.3 Å². The van der Waals surface area contributed by atoms with Crippen molar-refractivity contribution in [2.45, 2.75) is 19.8 Å². The van der Waals surface area contributed by atoms with E-state index < -0.39 is 0 Å². The summed E-state index contributed by atoms with van der Waals surface area (Å²) >= 11 is 6.05. The van der Waals surface area contributed by atoms with Crippen LogP contribution in [0.4, 0.5) is 0 Å². The Morgan fingerprint density at radius 3 is 2.67 bits per heavy atom. The highest BCUT2D eigenvalue weighted by molar-refractivity contribution is 6.31. The van der Waals surface area contributed by atoms with Gasteiger partial charge in [-0.2, -0.15) is 0 Å². The molecule has 2 rings (SSSR count). The second-order valence-corrected chi connectivity index (χ2v) is 5.10. The molecule has 0 aliphatic carbocycles. The Morgan fingerprint density at radius 2 is 2.06 bits per heavy atom. The summed E-state index contributed by atoms with van der Waals surface area (Å²) in [4.78, 5) is 12.5. The van der Waals surface area contributed by atoms with Crippen molar-refractivity contribution >= 4 is 17.4 Å². The molecule has 0 spiro atoms. The Balaban J connectivity index is 2.31. The van der Waals surface area contributed by atoms with E-state index in [4.69, 9.17) is 16.3 Å². The van der Waals surface area contributed by atoms with Crippen LogP contribution in [0.15, 0.2) is 12.1 Å². The maximum atomic E-state index is 12.5. The molecule has 18 heavy (non-hydrogen) atoms. The first-order valence-electron chi connectivity index (χ1n) is 6.22. The predicted molar refractivity (Wildman–Crippen MR) is 72.7 cm³/mol. The fourth-order valence-electron chi connectivity index (χ4n) is 2.33. The summed E-state index contributed by atoms with van der Waals surface area (Å²) in [5.74, 6) is 0.850. The van der Waals surface area contributed by atoms with Gasteiger partial charge in [-0.05, 0) is 50.6 Å². The SMILES string of the molecule is COc1cc(Cl)c(C)cc1C(=O)C1CCNCC1. The van der Waals surface area contributed by atoms with Gasteiger partial charge in [0, 0.05) is 10.9 Å². The summed E-state index contributed by atoms with van der Waals surface area (Å²) in [6.45, 7) is 3.72. The van der Waals surface area contributed by atoms with Crippen LogP contribution in [-0.4, -0.2) is 26.0 Å². The van der Waals surface area contributed by atoms with Crippen molar-refractivity contribution in [1.82, 2.24) is 5.32 Å². The smallest absolute Gasteiger partial charge is 0.169 e. The maximum absolute atomic E-state index is 12.5. The van der Waals surface area contributed by atoms with Crippen molar-refractivity contribution in [2.75, 3.05) is 20.2 Å². The molecule has 0 bridgehead atoms. The summed E-state index contributed by atoms with van der Waals surface area (Å²) in [7, 11) is 1.57. The Bertz CT molecular complexity index is 453. The van der Waals surface area contributed by atoms with Gasteiger partial charge in [-0.15, -0.1) is 0 Å². The van der Waals surface area contributed by atoms with E-state index in [-0.39, 0.29) is 11.7 Å². The molecule has 1 saturated heterocycles. The lowest BCUT2D eigenvalue weighted by Crippen LogP contribution is -2.32. The third-order valence-electron chi connectivity index (χ3n) is 3.46. The molecule has 0 radical (unpaired) electrons. The molecule has 3 nitrogen and oxygen atoms in total. The van der Waals surface area contributed by atoms with Gasteiger partial charge >= 0.3 is 0 Å². The minimum absolute atomic E-state index is 0.0979. The van der Waals surface area contributed by atoms with Crippen LogP contribution < -0.4 is 10.1 Å². The molecule has 4 heteroatoms. The number of carbonyl (C=O) groups excluding carboxylic acids is 1. The first kappa shape index (κ1) is 13.4. The van der Waals surface area contributed by atoms with Crippen LogP contribution in [0.5, 0.6) is 5.75 Å². The van der Waals surface area contributed by atoms with E-state index >= 15 is 0 Å². The lowest BCUT2D eigenvalue weighted by Gasteiger charge is -2.22. The Hall–Kier alpha value is -1.06. The average Bonchev–Trinajstić information content (AvgIpc) is 2.41. The molecule has 1 N–H and O–H groups in total. The average molecular weight is 268 g/mol. The van der Waals surface area contributed by atoms with Gasteiger partial charge < -0.3 is 10.1 Å². The molecule has 0 saturated carbocycles. The number of ether oxygens (including phenoxy) is 1. The molecule has 1 aliphatic heterocycles. The van der Waals surface area contributed by atoms with Gasteiger partial charge in [-0.3, -0.25) is 4.79 Å². The second-order valence-electron chi connectivity index (χ2n) is 4.69. The number of methoxy groups -OCH3 is 1. The zero-order valence-corrected chi connectivity index (χ0v) is 11.5. The van der Waals surface area contributed by atoms with Crippen molar-refractivity contribution in [1.29, 1.82) is 0 Å². The Morgan fingerprint density at radius 1 is 1.39 bits per heavy atom. The largest absolute Gasteiger partial charge is 0.496 e. The molecule has 98 valence electrons. The lowest BCUT2D eigenvalue weighted by molar-refractivity contribution is 0.0892. The zero-order valence-electron chi connectivity index (χ0n) is 10.8. The number of hydrogen-bond acceptors (Lipinski definition) is 3. The van der Waals surface area contributed by atoms with Gasteiger partial charge in [-0.1, -0.05) is 11.6 Å². The lowest BCUT2D eigenvalue weighted by atomic mass is 9.89. The standard InChI is InChI=1S/C14H18ClNO2/c1-9-7-11(13(18-2)8-12(9)15)14(17)10-3-5-16-6-4-10/h7-8,10,16H,3-6H2,1-2H3. The van der Waals surface area contributed by atoms with Crippen molar-refractivity contribution in [3.8, 4) is 5.75 Å². The molecule has 0 amide bonds. The van der Waals surface area contributed by atoms with Crippen LogP contribution in [0.2, 0.25) is 5.02 Å².